The van der Waals surface area contributed by atoms with Crippen LogP contribution in [0.25, 0.3) is 0 Å². The summed E-state index contributed by atoms with van der Waals surface area (Å²) < 4.78 is 31.4. The SMILES string of the molecule is CCOC(=O)N=[SH](C)(O)Cc1cc(N)cc(F)c1. The lowest BCUT2D eigenvalue weighted by atomic mass is 10.2. The summed E-state index contributed by atoms with van der Waals surface area (Å²) in [7, 11) is -2.86. The highest BCUT2D eigenvalue weighted by molar-refractivity contribution is 7.98. The van der Waals surface area contributed by atoms with Gasteiger partial charge >= 0.3 is 6.09 Å². The first-order valence-electron chi connectivity index (χ1n) is 5.35. The molecule has 0 unspecified atom stereocenters. The third kappa shape index (κ3) is 4.80. The van der Waals surface area contributed by atoms with E-state index in [9.17, 15) is 13.7 Å². The zero-order valence-corrected chi connectivity index (χ0v) is 11.2. The van der Waals surface area contributed by atoms with E-state index >= 15 is 0 Å². The number of carbonyl (C=O) groups excluding carboxylic acids is 1. The second kappa shape index (κ2) is 5.92. The molecule has 0 atom stereocenters. The molecule has 7 heteroatoms. The first-order valence-corrected chi connectivity index (χ1v) is 7.68. The summed E-state index contributed by atoms with van der Waals surface area (Å²) in [6.45, 7) is 1.84. The van der Waals surface area contributed by atoms with Crippen molar-refractivity contribution in [2.24, 2.45) is 4.36 Å². The lowest BCUT2D eigenvalue weighted by Crippen LogP contribution is -2.14. The minimum absolute atomic E-state index is 0.0772. The van der Waals surface area contributed by atoms with E-state index in [1.54, 1.807) is 6.92 Å². The molecular weight excluding hydrogens is 259 g/mol. The molecule has 0 saturated heterocycles. The van der Waals surface area contributed by atoms with Gasteiger partial charge in [0.05, 0.1) is 6.61 Å². The third-order valence-corrected chi connectivity index (χ3v) is 3.59. The molecule has 1 aromatic carbocycles. The van der Waals surface area contributed by atoms with E-state index in [0.717, 1.165) is 0 Å². The van der Waals surface area contributed by atoms with Gasteiger partial charge in [0, 0.05) is 11.4 Å². The van der Waals surface area contributed by atoms with Crippen molar-refractivity contribution >= 4 is 21.9 Å². The van der Waals surface area contributed by atoms with Crippen molar-refractivity contribution < 1.29 is 18.5 Å². The molecule has 3 N–H and O–H groups in total. The second-order valence-corrected chi connectivity index (χ2v) is 6.63. The Morgan fingerprint density at radius 1 is 1.56 bits per heavy atom. The Kier molecular flexibility index (Phi) is 4.80. The minimum Gasteiger partial charge on any atom is -0.448 e. The van der Waals surface area contributed by atoms with Crippen LogP contribution in [0.1, 0.15) is 12.5 Å². The summed E-state index contributed by atoms with van der Waals surface area (Å²) in [5.41, 5.74) is 6.26. The van der Waals surface area contributed by atoms with Crippen molar-refractivity contribution in [2.75, 3.05) is 18.6 Å². The van der Waals surface area contributed by atoms with Gasteiger partial charge in [-0.1, -0.05) is 10.1 Å². The number of ether oxygens (including phenoxy) is 1. The largest absolute Gasteiger partial charge is 0.448 e. The molecule has 0 aromatic heterocycles. The fraction of sp³-hybridized carbons (Fsp3) is 0.364. The van der Waals surface area contributed by atoms with Crippen LogP contribution in [0.15, 0.2) is 22.6 Å². The maximum absolute atomic E-state index is 13.1. The quantitative estimate of drug-likeness (QED) is 0.584. The standard InChI is InChI=1S/C11H17FN2O3S/c1-3-17-11(15)14-18(2,16)7-8-4-9(12)6-10(13)5-8/h4-6,18H,3,7,13H2,1-2H3,(H,14,15,16). The molecule has 0 heterocycles. The number of hydrogen-bond donors (Lipinski definition) is 3. The number of nitrogen functional groups attached to an aromatic ring is 1. The van der Waals surface area contributed by atoms with Crippen molar-refractivity contribution in [3.8, 4) is 0 Å². The van der Waals surface area contributed by atoms with Gasteiger partial charge in [0.1, 0.15) is 5.82 Å². The van der Waals surface area contributed by atoms with Crippen LogP contribution in [0, 0.1) is 5.82 Å². The molecule has 0 aliphatic carbocycles. The summed E-state index contributed by atoms with van der Waals surface area (Å²) in [4.78, 5) is 11.2. The molecule has 0 bridgehead atoms. The zero-order valence-electron chi connectivity index (χ0n) is 10.3. The Morgan fingerprint density at radius 2 is 2.22 bits per heavy atom. The van der Waals surface area contributed by atoms with Gasteiger partial charge in [0.2, 0.25) is 0 Å². The molecule has 1 amide bonds. The van der Waals surface area contributed by atoms with Crippen molar-refractivity contribution in [2.45, 2.75) is 12.7 Å². The number of thiol groups is 1. The molecule has 1 rings (SSSR count). The zero-order chi connectivity index (χ0) is 13.8. The Balaban J connectivity index is 2.91. The molecule has 0 aliphatic heterocycles. The maximum Gasteiger partial charge on any atom is 0.439 e. The normalized spacial score (nSPS) is 12.0. The Morgan fingerprint density at radius 3 is 2.78 bits per heavy atom. The van der Waals surface area contributed by atoms with Crippen molar-refractivity contribution in [1.82, 2.24) is 0 Å². The number of anilines is 1. The van der Waals surface area contributed by atoms with Crippen LogP contribution in [0.4, 0.5) is 14.9 Å². The first-order chi connectivity index (χ1) is 8.32. The van der Waals surface area contributed by atoms with E-state index in [1.165, 1.54) is 24.5 Å². The number of nitrogens with two attached hydrogens (primary N) is 1. The Bertz CT molecular complexity index is 479. The van der Waals surface area contributed by atoms with Gasteiger partial charge in [0.25, 0.3) is 0 Å². The van der Waals surface area contributed by atoms with Crippen molar-refractivity contribution in [3.63, 3.8) is 0 Å². The van der Waals surface area contributed by atoms with E-state index in [-0.39, 0.29) is 18.0 Å². The van der Waals surface area contributed by atoms with Crippen LogP contribution in [-0.2, 0) is 20.6 Å². The van der Waals surface area contributed by atoms with E-state index in [1.807, 2.05) is 0 Å². The summed E-state index contributed by atoms with van der Waals surface area (Å²) in [5, 5.41) is 0. The van der Waals surface area contributed by atoms with Gasteiger partial charge in [-0.3, -0.25) is 0 Å². The van der Waals surface area contributed by atoms with Crippen LogP contribution in [0.3, 0.4) is 0 Å². The van der Waals surface area contributed by atoms with Crippen LogP contribution >= 0.6 is 0 Å². The topological polar surface area (TPSA) is 84.9 Å². The van der Waals surface area contributed by atoms with Gasteiger partial charge < -0.3 is 15.0 Å². The van der Waals surface area contributed by atoms with Gasteiger partial charge in [0.15, 0.2) is 0 Å². The minimum atomic E-state index is -2.86. The monoisotopic (exact) mass is 276 g/mol. The summed E-state index contributed by atoms with van der Waals surface area (Å²) in [6.07, 6.45) is 0.644. The highest BCUT2D eigenvalue weighted by Gasteiger charge is 2.09. The van der Waals surface area contributed by atoms with Crippen LogP contribution in [-0.4, -0.2) is 23.5 Å². The number of carbonyl (C=O) groups is 1. The number of amides is 1. The van der Waals surface area contributed by atoms with Gasteiger partial charge in [-0.25, -0.2) is 9.18 Å². The van der Waals surface area contributed by atoms with E-state index in [0.29, 0.717) is 5.56 Å². The summed E-state index contributed by atoms with van der Waals surface area (Å²) in [5.74, 6) is -0.408. The fourth-order valence-electron chi connectivity index (χ4n) is 1.48. The number of benzene rings is 1. The van der Waals surface area contributed by atoms with Crippen molar-refractivity contribution in [3.05, 3.63) is 29.6 Å². The molecule has 5 nitrogen and oxygen atoms in total. The van der Waals surface area contributed by atoms with E-state index in [2.05, 4.69) is 9.10 Å². The van der Waals surface area contributed by atoms with Crippen LogP contribution < -0.4 is 5.73 Å². The second-order valence-electron chi connectivity index (χ2n) is 3.94. The number of halogens is 1. The Labute approximate surface area is 106 Å². The lowest BCUT2D eigenvalue weighted by molar-refractivity contribution is 0.164. The van der Waals surface area contributed by atoms with Crippen LogP contribution in [0.5, 0.6) is 0 Å². The predicted octanol–water partition coefficient (Wildman–Crippen LogP) is 2.24. The van der Waals surface area contributed by atoms with E-state index < -0.39 is 22.0 Å². The highest BCUT2D eigenvalue weighted by atomic mass is 32.3. The number of hydrogen-bond acceptors (Lipinski definition) is 3. The molecule has 0 saturated carbocycles. The third-order valence-electron chi connectivity index (χ3n) is 2.03. The predicted molar refractivity (Wildman–Crippen MR) is 71.3 cm³/mol. The lowest BCUT2D eigenvalue weighted by Gasteiger charge is -2.17. The number of nitrogens with zero attached hydrogens (tertiary/aromatic N) is 1. The van der Waals surface area contributed by atoms with Gasteiger partial charge in [-0.15, -0.1) is 0 Å². The average Bonchev–Trinajstić information content (AvgIpc) is 2.13. The molecule has 0 aliphatic rings. The maximum atomic E-state index is 13.1. The van der Waals surface area contributed by atoms with Crippen LogP contribution in [0.2, 0.25) is 0 Å². The van der Waals surface area contributed by atoms with Gasteiger partial charge in [-0.2, -0.15) is 4.36 Å². The molecular formula is C11H17FN2O3S. The summed E-state index contributed by atoms with van der Waals surface area (Å²) >= 11 is 0. The average molecular weight is 276 g/mol. The van der Waals surface area contributed by atoms with Gasteiger partial charge in [-0.05, 0) is 36.9 Å². The molecule has 102 valence electrons. The molecule has 0 radical (unpaired) electrons. The molecule has 18 heavy (non-hydrogen) atoms. The van der Waals surface area contributed by atoms with E-state index in [4.69, 9.17) is 5.73 Å². The molecule has 0 fully saturated rings. The fourth-order valence-corrected chi connectivity index (χ4v) is 2.83. The molecule has 0 spiro atoms. The first kappa shape index (κ1) is 14.6. The smallest absolute Gasteiger partial charge is 0.439 e. The summed E-state index contributed by atoms with van der Waals surface area (Å²) in [6, 6.07) is 3.98. The molecule has 1 aromatic rings. The van der Waals surface area contributed by atoms with Crippen molar-refractivity contribution in [1.29, 1.82) is 0 Å². The Hall–Kier alpha value is -1.47. The number of rotatable bonds is 3. The highest BCUT2D eigenvalue weighted by Crippen LogP contribution is 2.16.